The maximum Gasteiger partial charge on any atom is 1.00 e. The van der Waals surface area contributed by atoms with Crippen molar-refractivity contribution >= 4 is 12.1 Å². The Bertz CT molecular complexity index is 263. The normalized spacial score (nSPS) is 14.2. The van der Waals surface area contributed by atoms with E-state index in [1.807, 2.05) is 6.92 Å². The Morgan fingerprint density at radius 3 is 2.12 bits per heavy atom. The van der Waals surface area contributed by atoms with Gasteiger partial charge in [0.05, 0.1) is 12.0 Å². The summed E-state index contributed by atoms with van der Waals surface area (Å²) in [7, 11) is 0. The Morgan fingerprint density at radius 1 is 1.35 bits per heavy atom. The first-order valence-corrected chi connectivity index (χ1v) is 5.37. The van der Waals surface area contributed by atoms with E-state index in [0.717, 1.165) is 0 Å². The molecule has 1 amide bonds. The molecule has 2 atom stereocenters. The number of alkyl carbamates (subject to hydrolysis) is 1. The number of aliphatic carboxylic acids is 1. The van der Waals surface area contributed by atoms with Crippen LogP contribution in [-0.2, 0) is 9.53 Å². The molecule has 0 rings (SSSR count). The molecule has 17 heavy (non-hydrogen) atoms. The molecule has 0 radical (unpaired) electrons. The SMILES string of the molecule is CC[C@H](C)[C@H](NC(=O)OC(C)(C)C)C(=O)[O-].[Cs+]. The summed E-state index contributed by atoms with van der Waals surface area (Å²) < 4.78 is 4.97. The molecule has 0 aliphatic rings. The van der Waals surface area contributed by atoms with Gasteiger partial charge in [0.1, 0.15) is 5.60 Å². The maximum atomic E-state index is 11.4. The van der Waals surface area contributed by atoms with Crippen LogP contribution >= 0.6 is 0 Å². The third-order valence-electron chi connectivity index (χ3n) is 2.14. The quantitative estimate of drug-likeness (QED) is 0.609. The number of hydrogen-bond acceptors (Lipinski definition) is 4. The van der Waals surface area contributed by atoms with Crippen molar-refractivity contribution < 1.29 is 88.3 Å². The van der Waals surface area contributed by atoms with Gasteiger partial charge in [0, 0.05) is 0 Å². The van der Waals surface area contributed by atoms with Gasteiger partial charge in [-0.3, -0.25) is 0 Å². The fourth-order valence-corrected chi connectivity index (χ4v) is 1.10. The second-order valence-electron chi connectivity index (χ2n) is 4.83. The van der Waals surface area contributed by atoms with E-state index in [1.54, 1.807) is 27.7 Å². The van der Waals surface area contributed by atoms with Crippen molar-refractivity contribution in [2.24, 2.45) is 5.92 Å². The molecule has 0 fully saturated rings. The number of rotatable bonds is 4. The third kappa shape index (κ3) is 9.38. The van der Waals surface area contributed by atoms with Crippen LogP contribution in [0.15, 0.2) is 0 Å². The van der Waals surface area contributed by atoms with E-state index >= 15 is 0 Å². The van der Waals surface area contributed by atoms with Crippen LogP contribution in [0.3, 0.4) is 0 Å². The van der Waals surface area contributed by atoms with E-state index in [0.29, 0.717) is 6.42 Å². The summed E-state index contributed by atoms with van der Waals surface area (Å²) >= 11 is 0. The van der Waals surface area contributed by atoms with Crippen LogP contribution in [0.4, 0.5) is 4.79 Å². The predicted octanol–water partition coefficient (Wildman–Crippen LogP) is -2.32. The van der Waals surface area contributed by atoms with Gasteiger partial charge in [-0.15, -0.1) is 0 Å². The van der Waals surface area contributed by atoms with Crippen LogP contribution in [0.5, 0.6) is 0 Å². The first-order chi connectivity index (χ1) is 7.17. The van der Waals surface area contributed by atoms with Gasteiger partial charge >= 0.3 is 75.0 Å². The molecular formula is C11H20CsNO4. The summed E-state index contributed by atoms with van der Waals surface area (Å²) in [5.74, 6) is -1.49. The number of nitrogens with one attached hydrogen (secondary N) is 1. The van der Waals surface area contributed by atoms with Crippen LogP contribution in [0.25, 0.3) is 0 Å². The van der Waals surface area contributed by atoms with Crippen molar-refractivity contribution in [1.29, 1.82) is 0 Å². The Balaban J connectivity index is 0. The summed E-state index contributed by atoms with van der Waals surface area (Å²) in [6, 6.07) is -1.01. The zero-order valence-electron chi connectivity index (χ0n) is 11.5. The van der Waals surface area contributed by atoms with Gasteiger partial charge < -0.3 is 20.0 Å². The Morgan fingerprint density at radius 2 is 1.82 bits per heavy atom. The van der Waals surface area contributed by atoms with E-state index in [1.165, 1.54) is 0 Å². The average molecular weight is 363 g/mol. The van der Waals surface area contributed by atoms with Crippen molar-refractivity contribution in [1.82, 2.24) is 5.32 Å². The van der Waals surface area contributed by atoms with Gasteiger partial charge in [-0.1, -0.05) is 20.3 Å². The van der Waals surface area contributed by atoms with Crippen molar-refractivity contribution in [2.75, 3.05) is 0 Å². The van der Waals surface area contributed by atoms with E-state index in [-0.39, 0.29) is 74.8 Å². The standard InChI is InChI=1S/C11H21NO4.Cs/c1-6-7(2)8(9(13)14)12-10(15)16-11(3,4)5;/h7-8H,6H2,1-5H3,(H,12,15)(H,13,14);/q;+1/p-1/t7-,8-;/m0./s1. The minimum atomic E-state index is -1.29. The van der Waals surface area contributed by atoms with Gasteiger partial charge in [0.15, 0.2) is 0 Å². The first-order valence-electron chi connectivity index (χ1n) is 5.37. The molecule has 6 heteroatoms. The fraction of sp³-hybridized carbons (Fsp3) is 0.818. The van der Waals surface area contributed by atoms with Crippen LogP contribution in [0.2, 0.25) is 0 Å². The second kappa shape index (κ2) is 8.82. The summed E-state index contributed by atoms with van der Waals surface area (Å²) in [6.45, 7) is 8.72. The molecule has 0 saturated heterocycles. The minimum absolute atomic E-state index is 0. The zero-order chi connectivity index (χ0) is 12.9. The molecule has 0 aliphatic carbocycles. The number of carbonyl (C=O) groups is 2. The fourth-order valence-electron chi connectivity index (χ4n) is 1.10. The summed E-state index contributed by atoms with van der Waals surface area (Å²) in [4.78, 5) is 22.2. The van der Waals surface area contributed by atoms with E-state index in [2.05, 4.69) is 5.32 Å². The molecule has 0 aromatic heterocycles. The molecule has 0 bridgehead atoms. The molecule has 1 N–H and O–H groups in total. The number of hydrogen-bond donors (Lipinski definition) is 1. The van der Waals surface area contributed by atoms with Crippen molar-refractivity contribution in [2.45, 2.75) is 52.7 Å². The Kier molecular flexibility index (Phi) is 10.4. The molecular weight excluding hydrogens is 343 g/mol. The summed E-state index contributed by atoms with van der Waals surface area (Å²) in [5, 5.41) is 13.1. The average Bonchev–Trinajstić information content (AvgIpc) is 2.09. The predicted molar refractivity (Wildman–Crippen MR) is 57.6 cm³/mol. The largest absolute Gasteiger partial charge is 1.00 e. The summed E-state index contributed by atoms with van der Waals surface area (Å²) in [5.41, 5.74) is -0.643. The van der Waals surface area contributed by atoms with Crippen LogP contribution in [0, 0.1) is 5.92 Å². The van der Waals surface area contributed by atoms with E-state index < -0.39 is 23.7 Å². The molecule has 0 aromatic carbocycles. The molecule has 0 aromatic rings. The number of carbonyl (C=O) groups excluding carboxylic acids is 2. The van der Waals surface area contributed by atoms with Crippen LogP contribution in [0.1, 0.15) is 41.0 Å². The molecule has 94 valence electrons. The Labute approximate surface area is 161 Å². The molecule has 0 unspecified atom stereocenters. The summed E-state index contributed by atoms with van der Waals surface area (Å²) in [6.07, 6.45) is -0.101. The van der Waals surface area contributed by atoms with Crippen molar-refractivity contribution in [3.63, 3.8) is 0 Å². The Hall–Kier alpha value is 0.792. The van der Waals surface area contributed by atoms with Gasteiger partial charge in [0.2, 0.25) is 0 Å². The van der Waals surface area contributed by atoms with Gasteiger partial charge in [0.25, 0.3) is 0 Å². The smallest absolute Gasteiger partial charge is 0.548 e. The molecule has 0 aliphatic heterocycles. The number of ether oxygens (including phenoxy) is 1. The monoisotopic (exact) mass is 363 g/mol. The zero-order valence-corrected chi connectivity index (χ0v) is 17.8. The van der Waals surface area contributed by atoms with Crippen molar-refractivity contribution in [3.05, 3.63) is 0 Å². The second-order valence-corrected chi connectivity index (χ2v) is 4.83. The van der Waals surface area contributed by atoms with Gasteiger partial charge in [-0.25, -0.2) is 4.79 Å². The van der Waals surface area contributed by atoms with Crippen LogP contribution < -0.4 is 79.3 Å². The number of carboxylic acid groups (broad SMARTS) is 1. The third-order valence-corrected chi connectivity index (χ3v) is 2.14. The maximum absolute atomic E-state index is 11.4. The minimum Gasteiger partial charge on any atom is -0.548 e. The topological polar surface area (TPSA) is 78.5 Å². The molecule has 0 spiro atoms. The van der Waals surface area contributed by atoms with E-state index in [9.17, 15) is 14.7 Å². The van der Waals surface area contributed by atoms with Crippen LogP contribution in [-0.4, -0.2) is 23.7 Å². The molecule has 0 heterocycles. The van der Waals surface area contributed by atoms with Gasteiger partial charge in [-0.05, 0) is 26.7 Å². The number of amides is 1. The van der Waals surface area contributed by atoms with E-state index in [4.69, 9.17) is 4.74 Å². The molecule has 5 nitrogen and oxygen atoms in total. The van der Waals surface area contributed by atoms with Crippen molar-refractivity contribution in [3.8, 4) is 0 Å². The molecule has 0 saturated carbocycles. The number of carboxylic acids is 1. The first kappa shape index (κ1) is 20.1. The van der Waals surface area contributed by atoms with Gasteiger partial charge in [-0.2, -0.15) is 0 Å².